The first-order valence-electron chi connectivity index (χ1n) is 3.98. The first-order chi connectivity index (χ1) is 5.81. The molecule has 2 rings (SSSR count). The van der Waals surface area contributed by atoms with Gasteiger partial charge in [-0.15, -0.1) is 0 Å². The molecule has 2 N–H and O–H groups in total. The molecule has 0 aliphatic heterocycles. The molecule has 3 nitrogen and oxygen atoms in total. The lowest BCUT2D eigenvalue weighted by Gasteiger charge is -2.01. The molecule has 1 saturated carbocycles. The highest BCUT2D eigenvalue weighted by molar-refractivity contribution is 5.48. The Morgan fingerprint density at radius 1 is 1.50 bits per heavy atom. The molecule has 0 saturated heterocycles. The molecule has 1 aromatic heterocycles. The number of hydrogen-bond acceptors (Lipinski definition) is 3. The molecule has 0 atom stereocenters. The zero-order valence-electron chi connectivity index (χ0n) is 6.62. The van der Waals surface area contributed by atoms with E-state index >= 15 is 0 Å². The predicted molar refractivity (Wildman–Crippen MR) is 45.3 cm³/mol. The van der Waals surface area contributed by atoms with Crippen LogP contribution < -0.4 is 5.73 Å². The van der Waals surface area contributed by atoms with Crippen LogP contribution in [-0.4, -0.2) is 4.98 Å². The van der Waals surface area contributed by atoms with E-state index in [1.54, 1.807) is 12.1 Å². The number of anilines is 1. The highest BCUT2D eigenvalue weighted by Crippen LogP contribution is 2.41. The Hall–Kier alpha value is -1.56. The normalized spacial score (nSPS) is 15.6. The van der Waals surface area contributed by atoms with E-state index in [-0.39, 0.29) is 0 Å². The van der Waals surface area contributed by atoms with E-state index in [9.17, 15) is 0 Å². The minimum atomic E-state index is 0.464. The van der Waals surface area contributed by atoms with Crippen molar-refractivity contribution in [1.29, 1.82) is 5.26 Å². The van der Waals surface area contributed by atoms with Gasteiger partial charge in [0.15, 0.2) is 0 Å². The zero-order valence-corrected chi connectivity index (χ0v) is 6.62. The predicted octanol–water partition coefficient (Wildman–Crippen LogP) is 1.41. The van der Waals surface area contributed by atoms with Crippen LogP contribution in [0.5, 0.6) is 0 Å². The van der Waals surface area contributed by atoms with Gasteiger partial charge in [-0.1, -0.05) is 0 Å². The van der Waals surface area contributed by atoms with Crippen molar-refractivity contribution in [1.82, 2.24) is 4.98 Å². The summed E-state index contributed by atoms with van der Waals surface area (Å²) in [6, 6.07) is 5.43. The number of nitrogen functional groups attached to an aromatic ring is 1. The smallest absolute Gasteiger partial charge is 0.140 e. The van der Waals surface area contributed by atoms with Crippen molar-refractivity contribution in [2.45, 2.75) is 18.8 Å². The third-order valence-corrected chi connectivity index (χ3v) is 2.04. The van der Waals surface area contributed by atoms with Crippen LogP contribution in [-0.2, 0) is 0 Å². The van der Waals surface area contributed by atoms with Crippen LogP contribution in [0.2, 0.25) is 0 Å². The fourth-order valence-corrected chi connectivity index (χ4v) is 1.23. The van der Waals surface area contributed by atoms with Crippen LogP contribution in [0.25, 0.3) is 0 Å². The van der Waals surface area contributed by atoms with Crippen molar-refractivity contribution in [3.8, 4) is 6.07 Å². The number of hydrogen-bond donors (Lipinski definition) is 1. The Kier molecular flexibility index (Phi) is 1.47. The molecular formula is C9H9N3. The summed E-state index contributed by atoms with van der Waals surface area (Å²) in [6.07, 6.45) is 2.32. The van der Waals surface area contributed by atoms with E-state index in [0.717, 1.165) is 24.2 Å². The Balaban J connectivity index is 2.44. The van der Waals surface area contributed by atoms with Crippen molar-refractivity contribution in [3.63, 3.8) is 0 Å². The van der Waals surface area contributed by atoms with Gasteiger partial charge in [-0.05, 0) is 25.0 Å². The van der Waals surface area contributed by atoms with Gasteiger partial charge in [0.05, 0.1) is 11.4 Å². The molecule has 1 aliphatic carbocycles. The molecule has 0 spiro atoms. The molecule has 0 radical (unpaired) electrons. The fraction of sp³-hybridized carbons (Fsp3) is 0.333. The SMILES string of the molecule is N#Cc1ccc(N)c(C2CC2)n1. The third kappa shape index (κ3) is 1.12. The molecule has 0 unspecified atom stereocenters. The summed E-state index contributed by atoms with van der Waals surface area (Å²) >= 11 is 0. The van der Waals surface area contributed by atoms with E-state index in [1.807, 2.05) is 6.07 Å². The molecule has 0 aromatic carbocycles. The van der Waals surface area contributed by atoms with Crippen LogP contribution in [0.15, 0.2) is 12.1 Å². The average molecular weight is 159 g/mol. The minimum absolute atomic E-state index is 0.464. The van der Waals surface area contributed by atoms with Gasteiger partial charge in [0, 0.05) is 5.92 Å². The lowest BCUT2D eigenvalue weighted by molar-refractivity contribution is 1.02. The molecule has 0 amide bonds. The van der Waals surface area contributed by atoms with Gasteiger partial charge < -0.3 is 5.73 Å². The van der Waals surface area contributed by atoms with Gasteiger partial charge in [-0.25, -0.2) is 4.98 Å². The summed E-state index contributed by atoms with van der Waals surface area (Å²) in [4.78, 5) is 4.17. The lowest BCUT2D eigenvalue weighted by Crippen LogP contribution is -1.97. The Bertz CT molecular complexity index is 347. The average Bonchev–Trinajstić information content (AvgIpc) is 2.88. The quantitative estimate of drug-likeness (QED) is 0.673. The van der Waals surface area contributed by atoms with Gasteiger partial charge in [0.2, 0.25) is 0 Å². The monoisotopic (exact) mass is 159 g/mol. The molecule has 12 heavy (non-hydrogen) atoms. The maximum atomic E-state index is 8.60. The first-order valence-corrected chi connectivity index (χ1v) is 3.98. The van der Waals surface area contributed by atoms with E-state index in [1.165, 1.54) is 0 Å². The van der Waals surface area contributed by atoms with Crippen LogP contribution in [0.4, 0.5) is 5.69 Å². The highest BCUT2D eigenvalue weighted by Gasteiger charge is 2.27. The number of nitriles is 1. The van der Waals surface area contributed by atoms with Gasteiger partial charge in [0.25, 0.3) is 0 Å². The topological polar surface area (TPSA) is 62.7 Å². The standard InChI is InChI=1S/C9H9N3/c10-5-7-3-4-8(11)9(12-7)6-1-2-6/h3-4,6H,1-2,11H2. The van der Waals surface area contributed by atoms with Gasteiger partial charge in [-0.3, -0.25) is 0 Å². The van der Waals surface area contributed by atoms with Gasteiger partial charge >= 0.3 is 0 Å². The summed E-state index contributed by atoms with van der Waals surface area (Å²) in [7, 11) is 0. The zero-order chi connectivity index (χ0) is 8.55. The maximum Gasteiger partial charge on any atom is 0.140 e. The van der Waals surface area contributed by atoms with Crippen LogP contribution in [0.1, 0.15) is 30.1 Å². The highest BCUT2D eigenvalue weighted by atomic mass is 14.8. The first kappa shape index (κ1) is 7.11. The second-order valence-corrected chi connectivity index (χ2v) is 3.06. The van der Waals surface area contributed by atoms with Gasteiger partial charge in [0.1, 0.15) is 11.8 Å². The van der Waals surface area contributed by atoms with E-state index < -0.39 is 0 Å². The largest absolute Gasteiger partial charge is 0.397 e. The molecule has 1 aromatic rings. The second-order valence-electron chi connectivity index (χ2n) is 3.06. The molecule has 3 heteroatoms. The molecular weight excluding hydrogens is 150 g/mol. The number of nitrogens with zero attached hydrogens (tertiary/aromatic N) is 2. The molecule has 1 heterocycles. The van der Waals surface area contributed by atoms with Crippen LogP contribution in [0.3, 0.4) is 0 Å². The van der Waals surface area contributed by atoms with Gasteiger partial charge in [-0.2, -0.15) is 5.26 Å². The van der Waals surface area contributed by atoms with Crippen molar-refractivity contribution >= 4 is 5.69 Å². The molecule has 1 fully saturated rings. The lowest BCUT2D eigenvalue weighted by atomic mass is 10.2. The third-order valence-electron chi connectivity index (χ3n) is 2.04. The summed E-state index contributed by atoms with van der Waals surface area (Å²) in [6.45, 7) is 0. The van der Waals surface area contributed by atoms with Crippen LogP contribution >= 0.6 is 0 Å². The van der Waals surface area contributed by atoms with E-state index in [0.29, 0.717) is 11.6 Å². The molecule has 0 bridgehead atoms. The van der Waals surface area contributed by atoms with Crippen molar-refractivity contribution in [2.24, 2.45) is 0 Å². The number of pyridine rings is 1. The number of rotatable bonds is 1. The minimum Gasteiger partial charge on any atom is -0.397 e. The second kappa shape index (κ2) is 2.49. The Labute approximate surface area is 70.8 Å². The molecule has 1 aliphatic rings. The van der Waals surface area contributed by atoms with Crippen molar-refractivity contribution in [2.75, 3.05) is 5.73 Å². The summed E-state index contributed by atoms with van der Waals surface area (Å²) in [5.41, 5.74) is 7.81. The van der Waals surface area contributed by atoms with Crippen LogP contribution in [0, 0.1) is 11.3 Å². The fourth-order valence-electron chi connectivity index (χ4n) is 1.23. The van der Waals surface area contributed by atoms with E-state index in [2.05, 4.69) is 4.98 Å². The number of nitrogens with two attached hydrogens (primary N) is 1. The number of aromatic nitrogens is 1. The molecule has 60 valence electrons. The van der Waals surface area contributed by atoms with Crippen molar-refractivity contribution in [3.05, 3.63) is 23.5 Å². The summed E-state index contributed by atoms with van der Waals surface area (Å²) in [5, 5.41) is 8.60. The van der Waals surface area contributed by atoms with E-state index in [4.69, 9.17) is 11.0 Å². The van der Waals surface area contributed by atoms with Crippen molar-refractivity contribution < 1.29 is 0 Å². The maximum absolute atomic E-state index is 8.60. The summed E-state index contributed by atoms with van der Waals surface area (Å²) in [5.74, 6) is 0.512. The summed E-state index contributed by atoms with van der Waals surface area (Å²) < 4.78 is 0. The Morgan fingerprint density at radius 3 is 2.83 bits per heavy atom. The Morgan fingerprint density at radius 2 is 2.25 bits per heavy atom.